The van der Waals surface area contributed by atoms with E-state index in [0.717, 1.165) is 18.7 Å². The lowest BCUT2D eigenvalue weighted by Crippen LogP contribution is -2.02. The lowest BCUT2D eigenvalue weighted by atomic mass is 10.1. The van der Waals surface area contributed by atoms with Crippen LogP contribution in [-0.4, -0.2) is 18.3 Å². The Hall–Kier alpha value is -1.02. The van der Waals surface area contributed by atoms with Crippen LogP contribution in [-0.2, 0) is 6.42 Å². The Balaban J connectivity index is 2.89. The quantitative estimate of drug-likeness (QED) is 0.740. The van der Waals surface area contributed by atoms with E-state index in [9.17, 15) is 0 Å². The number of aliphatic hydroxyl groups excluding tert-OH is 1. The van der Waals surface area contributed by atoms with Gasteiger partial charge in [0.2, 0.25) is 0 Å². The molecule has 0 atom stereocenters. The summed E-state index contributed by atoms with van der Waals surface area (Å²) >= 11 is 0. The minimum absolute atomic E-state index is 0.210. The van der Waals surface area contributed by atoms with E-state index in [1.807, 2.05) is 0 Å². The third-order valence-corrected chi connectivity index (χ3v) is 2.01. The molecule has 0 fully saturated rings. The van der Waals surface area contributed by atoms with Crippen LogP contribution in [0.1, 0.15) is 18.1 Å². The molecule has 0 saturated heterocycles. The molecule has 0 aliphatic carbocycles. The minimum atomic E-state index is 0.210. The Bertz CT molecular complexity index is 271. The van der Waals surface area contributed by atoms with E-state index in [4.69, 9.17) is 5.11 Å². The summed E-state index contributed by atoms with van der Waals surface area (Å²) in [6.45, 7) is 5.27. The molecule has 72 valence electrons. The Kier molecular flexibility index (Phi) is 3.77. The van der Waals surface area contributed by atoms with E-state index < -0.39 is 0 Å². The summed E-state index contributed by atoms with van der Waals surface area (Å²) in [7, 11) is 0. The summed E-state index contributed by atoms with van der Waals surface area (Å²) in [6, 6.07) is 6.27. The maximum Gasteiger partial charge on any atom is 0.0472 e. The first-order chi connectivity index (χ1) is 6.27. The maximum atomic E-state index is 8.88. The van der Waals surface area contributed by atoms with Gasteiger partial charge < -0.3 is 10.4 Å². The standard InChI is InChI=1S/C11H17NO/c1-3-12-11-5-4-9(2)8-10(11)6-7-13/h4-5,8,12-13H,3,6-7H2,1-2H3. The van der Waals surface area contributed by atoms with Crippen LogP contribution in [0.2, 0.25) is 0 Å². The van der Waals surface area contributed by atoms with Crippen LogP contribution in [0.15, 0.2) is 18.2 Å². The van der Waals surface area contributed by atoms with Crippen molar-refractivity contribution < 1.29 is 5.11 Å². The highest BCUT2D eigenvalue weighted by Crippen LogP contribution is 2.17. The fourth-order valence-corrected chi connectivity index (χ4v) is 1.41. The molecule has 2 heteroatoms. The van der Waals surface area contributed by atoms with Crippen molar-refractivity contribution in [3.63, 3.8) is 0 Å². The second-order valence-electron chi connectivity index (χ2n) is 3.16. The summed E-state index contributed by atoms with van der Waals surface area (Å²) in [4.78, 5) is 0. The monoisotopic (exact) mass is 179 g/mol. The number of nitrogens with one attached hydrogen (secondary N) is 1. The van der Waals surface area contributed by atoms with Gasteiger partial charge in [0.15, 0.2) is 0 Å². The fourth-order valence-electron chi connectivity index (χ4n) is 1.41. The van der Waals surface area contributed by atoms with E-state index in [1.165, 1.54) is 11.1 Å². The Morgan fingerprint density at radius 3 is 2.77 bits per heavy atom. The smallest absolute Gasteiger partial charge is 0.0472 e. The zero-order valence-electron chi connectivity index (χ0n) is 8.30. The predicted molar refractivity (Wildman–Crippen MR) is 56.1 cm³/mol. The van der Waals surface area contributed by atoms with E-state index in [1.54, 1.807) is 0 Å². The normalized spacial score (nSPS) is 10.1. The average Bonchev–Trinajstić information content (AvgIpc) is 2.10. The molecule has 0 radical (unpaired) electrons. The molecule has 0 bridgehead atoms. The van der Waals surface area contributed by atoms with Gasteiger partial charge >= 0.3 is 0 Å². The second kappa shape index (κ2) is 4.87. The van der Waals surface area contributed by atoms with Gasteiger partial charge in [-0.3, -0.25) is 0 Å². The number of hydrogen-bond acceptors (Lipinski definition) is 2. The highest BCUT2D eigenvalue weighted by Gasteiger charge is 2.00. The fraction of sp³-hybridized carbons (Fsp3) is 0.455. The van der Waals surface area contributed by atoms with Gasteiger partial charge in [0, 0.05) is 18.8 Å². The first kappa shape index (κ1) is 10.1. The van der Waals surface area contributed by atoms with Crippen LogP contribution in [0, 0.1) is 6.92 Å². The Labute approximate surface area is 79.6 Å². The van der Waals surface area contributed by atoms with E-state index >= 15 is 0 Å². The van der Waals surface area contributed by atoms with Gasteiger partial charge in [0.1, 0.15) is 0 Å². The maximum absolute atomic E-state index is 8.88. The molecule has 0 heterocycles. The van der Waals surface area contributed by atoms with Crippen LogP contribution < -0.4 is 5.32 Å². The number of rotatable bonds is 4. The highest BCUT2D eigenvalue weighted by molar-refractivity contribution is 5.52. The van der Waals surface area contributed by atoms with Crippen molar-refractivity contribution in [3.8, 4) is 0 Å². The van der Waals surface area contributed by atoms with Crippen molar-refractivity contribution in [2.45, 2.75) is 20.3 Å². The topological polar surface area (TPSA) is 32.3 Å². The molecule has 0 spiro atoms. The first-order valence-corrected chi connectivity index (χ1v) is 4.72. The first-order valence-electron chi connectivity index (χ1n) is 4.72. The molecule has 2 N–H and O–H groups in total. The summed E-state index contributed by atoms with van der Waals surface area (Å²) in [5.74, 6) is 0. The largest absolute Gasteiger partial charge is 0.396 e. The van der Waals surface area contributed by atoms with Crippen LogP contribution >= 0.6 is 0 Å². The molecule has 0 unspecified atom stereocenters. The molecule has 0 saturated carbocycles. The van der Waals surface area contributed by atoms with Crippen molar-refractivity contribution in [1.82, 2.24) is 0 Å². The number of aryl methyl sites for hydroxylation is 1. The number of benzene rings is 1. The van der Waals surface area contributed by atoms with Crippen molar-refractivity contribution >= 4 is 5.69 Å². The van der Waals surface area contributed by atoms with E-state index in [-0.39, 0.29) is 6.61 Å². The highest BCUT2D eigenvalue weighted by atomic mass is 16.2. The van der Waals surface area contributed by atoms with Crippen LogP contribution in [0.25, 0.3) is 0 Å². The number of anilines is 1. The van der Waals surface area contributed by atoms with E-state index in [2.05, 4.69) is 37.4 Å². The van der Waals surface area contributed by atoms with Gasteiger partial charge in [0.05, 0.1) is 0 Å². The Morgan fingerprint density at radius 1 is 1.38 bits per heavy atom. The SMILES string of the molecule is CCNc1ccc(C)cc1CCO. The molecule has 1 aromatic carbocycles. The van der Waals surface area contributed by atoms with Crippen molar-refractivity contribution in [2.24, 2.45) is 0 Å². The summed E-state index contributed by atoms with van der Waals surface area (Å²) in [6.07, 6.45) is 0.726. The zero-order valence-corrected chi connectivity index (χ0v) is 8.30. The van der Waals surface area contributed by atoms with Gasteiger partial charge in [-0.2, -0.15) is 0 Å². The van der Waals surface area contributed by atoms with Crippen molar-refractivity contribution in [2.75, 3.05) is 18.5 Å². The third-order valence-electron chi connectivity index (χ3n) is 2.01. The lowest BCUT2D eigenvalue weighted by Gasteiger charge is -2.10. The van der Waals surface area contributed by atoms with Gasteiger partial charge in [-0.15, -0.1) is 0 Å². The number of aliphatic hydroxyl groups is 1. The number of hydrogen-bond donors (Lipinski definition) is 2. The molecule has 0 aliphatic heterocycles. The molecule has 0 aliphatic rings. The van der Waals surface area contributed by atoms with Crippen LogP contribution in [0.3, 0.4) is 0 Å². The van der Waals surface area contributed by atoms with E-state index in [0.29, 0.717) is 0 Å². The molecule has 2 nitrogen and oxygen atoms in total. The molecule has 0 amide bonds. The summed E-state index contributed by atoms with van der Waals surface area (Å²) < 4.78 is 0. The molecule has 13 heavy (non-hydrogen) atoms. The van der Waals surface area contributed by atoms with Crippen LogP contribution in [0.4, 0.5) is 5.69 Å². The van der Waals surface area contributed by atoms with Crippen LogP contribution in [0.5, 0.6) is 0 Å². The lowest BCUT2D eigenvalue weighted by molar-refractivity contribution is 0.300. The van der Waals surface area contributed by atoms with Crippen molar-refractivity contribution in [3.05, 3.63) is 29.3 Å². The average molecular weight is 179 g/mol. The van der Waals surface area contributed by atoms with Gasteiger partial charge in [0.25, 0.3) is 0 Å². The van der Waals surface area contributed by atoms with Gasteiger partial charge in [-0.25, -0.2) is 0 Å². The molecular formula is C11H17NO. The zero-order chi connectivity index (χ0) is 9.68. The third kappa shape index (κ3) is 2.74. The minimum Gasteiger partial charge on any atom is -0.396 e. The van der Waals surface area contributed by atoms with Gasteiger partial charge in [-0.1, -0.05) is 17.7 Å². The molecule has 1 aromatic rings. The Morgan fingerprint density at radius 2 is 2.15 bits per heavy atom. The summed E-state index contributed by atoms with van der Waals surface area (Å²) in [5, 5.41) is 12.2. The van der Waals surface area contributed by atoms with Crippen molar-refractivity contribution in [1.29, 1.82) is 0 Å². The second-order valence-corrected chi connectivity index (χ2v) is 3.16. The van der Waals surface area contributed by atoms with Gasteiger partial charge in [-0.05, 0) is 31.9 Å². The summed E-state index contributed by atoms with van der Waals surface area (Å²) in [5.41, 5.74) is 3.58. The molecule has 1 rings (SSSR count). The molecule has 0 aromatic heterocycles. The predicted octanol–water partition coefficient (Wildman–Crippen LogP) is 1.96. The molecular weight excluding hydrogens is 162 g/mol.